The van der Waals surface area contributed by atoms with Crippen LogP contribution < -0.4 is 10.0 Å². The van der Waals surface area contributed by atoms with Gasteiger partial charge in [0.25, 0.3) is 0 Å². The lowest BCUT2D eigenvalue weighted by molar-refractivity contribution is 0.559. The van der Waals surface area contributed by atoms with Gasteiger partial charge in [-0.3, -0.25) is 0 Å². The maximum atomic E-state index is 12.2. The molecule has 1 aromatic rings. The molecule has 0 spiro atoms. The Balaban J connectivity index is 1.90. The molecule has 1 atom stereocenters. The Morgan fingerprint density at radius 2 is 2.25 bits per heavy atom. The molecule has 0 saturated heterocycles. The van der Waals surface area contributed by atoms with Gasteiger partial charge >= 0.3 is 0 Å². The third-order valence-electron chi connectivity index (χ3n) is 3.18. The smallest absolute Gasteiger partial charge is 0.250 e. The summed E-state index contributed by atoms with van der Waals surface area (Å²) in [5.74, 6) is 0.963. The molecule has 0 aromatic carbocycles. The quantitative estimate of drug-likeness (QED) is 0.728. The standard InChI is InChI=1S/C13H22N2O2S3/c1-10(5-6-18-2)15-20(16,17)13-7-11(9-19-13)8-14-12-3-4-12/h7,9-10,12,14-15H,3-6,8H2,1-2H3. The summed E-state index contributed by atoms with van der Waals surface area (Å²) in [6.45, 7) is 2.68. The van der Waals surface area contributed by atoms with Gasteiger partial charge < -0.3 is 5.32 Å². The highest BCUT2D eigenvalue weighted by atomic mass is 32.2. The summed E-state index contributed by atoms with van der Waals surface area (Å²) in [6, 6.07) is 2.39. The number of hydrogen-bond donors (Lipinski definition) is 2. The third kappa shape index (κ3) is 5.04. The molecule has 1 aromatic heterocycles. The predicted molar refractivity (Wildman–Crippen MR) is 87.0 cm³/mol. The second-order valence-corrected chi connectivity index (χ2v) is 9.07. The van der Waals surface area contributed by atoms with Crippen LogP contribution in [0.4, 0.5) is 0 Å². The summed E-state index contributed by atoms with van der Waals surface area (Å²) >= 11 is 3.03. The van der Waals surface area contributed by atoms with Gasteiger partial charge in [0.15, 0.2) is 0 Å². The van der Waals surface area contributed by atoms with Crippen molar-refractivity contribution in [3.63, 3.8) is 0 Å². The van der Waals surface area contributed by atoms with Gasteiger partial charge in [0.1, 0.15) is 4.21 Å². The molecule has 0 amide bonds. The summed E-state index contributed by atoms with van der Waals surface area (Å²) < 4.78 is 27.6. The Morgan fingerprint density at radius 1 is 1.50 bits per heavy atom. The van der Waals surface area contributed by atoms with E-state index in [1.165, 1.54) is 24.2 Å². The molecule has 1 aliphatic rings. The van der Waals surface area contributed by atoms with Crippen molar-refractivity contribution in [1.82, 2.24) is 10.0 Å². The molecule has 2 rings (SSSR count). The predicted octanol–water partition coefficient (Wildman–Crippen LogP) is 2.42. The number of thiophene rings is 1. The van der Waals surface area contributed by atoms with Crippen LogP contribution in [0.5, 0.6) is 0 Å². The van der Waals surface area contributed by atoms with Crippen molar-refractivity contribution in [1.29, 1.82) is 0 Å². The largest absolute Gasteiger partial charge is 0.310 e. The lowest BCUT2D eigenvalue weighted by Gasteiger charge is -2.12. The highest BCUT2D eigenvalue weighted by Crippen LogP contribution is 2.23. The number of rotatable bonds is 9. The van der Waals surface area contributed by atoms with Crippen molar-refractivity contribution in [2.24, 2.45) is 0 Å². The molecule has 0 aliphatic heterocycles. The third-order valence-corrected chi connectivity index (χ3v) is 6.90. The highest BCUT2D eigenvalue weighted by molar-refractivity contribution is 7.98. The SMILES string of the molecule is CSCCC(C)NS(=O)(=O)c1cc(CNC2CC2)cs1. The van der Waals surface area contributed by atoms with Gasteiger partial charge in [0, 0.05) is 18.6 Å². The van der Waals surface area contributed by atoms with E-state index in [1.54, 1.807) is 17.8 Å². The summed E-state index contributed by atoms with van der Waals surface area (Å²) in [7, 11) is -3.36. The van der Waals surface area contributed by atoms with Crippen LogP contribution in [0.1, 0.15) is 31.7 Å². The maximum absolute atomic E-state index is 12.2. The average molecular weight is 335 g/mol. The van der Waals surface area contributed by atoms with Gasteiger partial charge in [-0.1, -0.05) is 0 Å². The second kappa shape index (κ2) is 7.26. The van der Waals surface area contributed by atoms with Crippen LogP contribution in [-0.2, 0) is 16.6 Å². The molecule has 2 N–H and O–H groups in total. The number of hydrogen-bond acceptors (Lipinski definition) is 5. The minimum atomic E-state index is -3.36. The van der Waals surface area contributed by atoms with Gasteiger partial charge in [-0.15, -0.1) is 11.3 Å². The van der Waals surface area contributed by atoms with Gasteiger partial charge in [0.05, 0.1) is 0 Å². The van der Waals surface area contributed by atoms with Crippen LogP contribution in [0.3, 0.4) is 0 Å². The fraction of sp³-hybridized carbons (Fsp3) is 0.692. The minimum absolute atomic E-state index is 0.0254. The van der Waals surface area contributed by atoms with Crippen LogP contribution in [0.15, 0.2) is 15.7 Å². The Labute approximate surface area is 129 Å². The fourth-order valence-corrected chi connectivity index (χ4v) is 4.91. The normalized spacial score (nSPS) is 17.3. The Hall–Kier alpha value is -0.0800. The van der Waals surface area contributed by atoms with Crippen LogP contribution >= 0.6 is 23.1 Å². The van der Waals surface area contributed by atoms with E-state index in [9.17, 15) is 8.42 Å². The number of sulfonamides is 1. The van der Waals surface area contributed by atoms with Gasteiger partial charge in [-0.2, -0.15) is 11.8 Å². The van der Waals surface area contributed by atoms with Gasteiger partial charge in [-0.05, 0) is 55.2 Å². The van der Waals surface area contributed by atoms with E-state index in [2.05, 4.69) is 10.0 Å². The van der Waals surface area contributed by atoms with Crippen molar-refractivity contribution in [2.45, 2.75) is 49.0 Å². The summed E-state index contributed by atoms with van der Waals surface area (Å²) in [4.78, 5) is 0. The molecule has 1 unspecified atom stereocenters. The topological polar surface area (TPSA) is 58.2 Å². The molecule has 1 fully saturated rings. The van der Waals surface area contributed by atoms with Gasteiger partial charge in [0.2, 0.25) is 10.0 Å². The summed E-state index contributed by atoms with van der Waals surface area (Å²) in [5.41, 5.74) is 1.05. The lowest BCUT2D eigenvalue weighted by Crippen LogP contribution is -2.32. The first-order valence-corrected chi connectivity index (χ1v) is 10.6. The maximum Gasteiger partial charge on any atom is 0.250 e. The molecular formula is C13H22N2O2S3. The first kappa shape index (κ1) is 16.3. The molecular weight excluding hydrogens is 312 g/mol. The zero-order valence-electron chi connectivity index (χ0n) is 11.9. The van der Waals surface area contributed by atoms with Crippen molar-refractivity contribution < 1.29 is 8.42 Å². The van der Waals surface area contributed by atoms with Crippen molar-refractivity contribution in [3.8, 4) is 0 Å². The Morgan fingerprint density at radius 3 is 2.90 bits per heavy atom. The van der Waals surface area contributed by atoms with E-state index in [-0.39, 0.29) is 6.04 Å². The van der Waals surface area contributed by atoms with Crippen molar-refractivity contribution in [3.05, 3.63) is 17.0 Å². The first-order valence-electron chi connectivity index (χ1n) is 6.83. The molecule has 0 radical (unpaired) electrons. The van der Waals surface area contributed by atoms with E-state index < -0.39 is 10.0 Å². The first-order chi connectivity index (χ1) is 9.51. The van der Waals surface area contributed by atoms with E-state index in [0.717, 1.165) is 24.3 Å². The molecule has 114 valence electrons. The van der Waals surface area contributed by atoms with Crippen LogP contribution in [0.25, 0.3) is 0 Å². The highest BCUT2D eigenvalue weighted by Gasteiger charge is 2.22. The molecule has 1 aliphatic carbocycles. The minimum Gasteiger partial charge on any atom is -0.310 e. The molecule has 0 bridgehead atoms. The second-order valence-electron chi connectivity index (χ2n) is 5.23. The molecule has 1 saturated carbocycles. The fourth-order valence-electron chi connectivity index (χ4n) is 1.81. The number of nitrogens with one attached hydrogen (secondary N) is 2. The van der Waals surface area contributed by atoms with E-state index >= 15 is 0 Å². The van der Waals surface area contributed by atoms with Crippen LogP contribution in [0.2, 0.25) is 0 Å². The average Bonchev–Trinajstić information content (AvgIpc) is 3.09. The zero-order chi connectivity index (χ0) is 14.6. The summed E-state index contributed by atoms with van der Waals surface area (Å²) in [5, 5.41) is 5.32. The molecule has 1 heterocycles. The zero-order valence-corrected chi connectivity index (χ0v) is 14.3. The van der Waals surface area contributed by atoms with Crippen molar-refractivity contribution >= 4 is 33.1 Å². The monoisotopic (exact) mass is 334 g/mol. The Kier molecular flexibility index (Phi) is 5.92. The molecule has 20 heavy (non-hydrogen) atoms. The molecule has 4 nitrogen and oxygen atoms in total. The van der Waals surface area contributed by atoms with Crippen LogP contribution in [0, 0.1) is 0 Å². The lowest BCUT2D eigenvalue weighted by atomic mass is 10.3. The van der Waals surface area contributed by atoms with Crippen LogP contribution in [-0.4, -0.2) is 32.5 Å². The van der Waals surface area contributed by atoms with E-state index in [1.807, 2.05) is 18.6 Å². The Bertz CT molecular complexity index is 523. The summed E-state index contributed by atoms with van der Waals surface area (Å²) in [6.07, 6.45) is 5.36. The van der Waals surface area contributed by atoms with E-state index in [4.69, 9.17) is 0 Å². The van der Waals surface area contributed by atoms with E-state index in [0.29, 0.717) is 10.3 Å². The van der Waals surface area contributed by atoms with Crippen molar-refractivity contribution in [2.75, 3.05) is 12.0 Å². The number of thioether (sulfide) groups is 1. The van der Waals surface area contributed by atoms with Gasteiger partial charge in [-0.25, -0.2) is 13.1 Å². The molecule has 7 heteroatoms.